The zero-order chi connectivity index (χ0) is 15.2. The van der Waals surface area contributed by atoms with Gasteiger partial charge >= 0.3 is 0 Å². The Balaban J connectivity index is 1.99. The van der Waals surface area contributed by atoms with Crippen LogP contribution in [-0.4, -0.2) is 11.9 Å². The van der Waals surface area contributed by atoms with Crippen molar-refractivity contribution in [2.24, 2.45) is 0 Å². The van der Waals surface area contributed by atoms with Crippen LogP contribution in [0.5, 0.6) is 0 Å². The molecule has 1 atom stereocenters. The summed E-state index contributed by atoms with van der Waals surface area (Å²) in [6.45, 7) is 6.18. The minimum atomic E-state index is -0.299. The Morgan fingerprint density at radius 2 is 1.57 bits per heavy atom. The second kappa shape index (κ2) is 6.93. The van der Waals surface area contributed by atoms with Gasteiger partial charge in [-0.05, 0) is 42.7 Å². The summed E-state index contributed by atoms with van der Waals surface area (Å²) in [7, 11) is 0. The van der Waals surface area contributed by atoms with Crippen molar-refractivity contribution in [3.63, 3.8) is 0 Å². The highest BCUT2D eigenvalue weighted by Gasteiger charge is 2.13. The molecule has 0 saturated carbocycles. The van der Waals surface area contributed by atoms with Gasteiger partial charge in [0, 0.05) is 11.4 Å². The third-order valence-corrected chi connectivity index (χ3v) is 3.37. The third-order valence-electron chi connectivity index (χ3n) is 3.37. The van der Waals surface area contributed by atoms with Crippen LogP contribution in [0.2, 0.25) is 0 Å². The molecule has 1 amide bonds. The Hall–Kier alpha value is -2.29. The fraction of sp³-hybridized carbons (Fsp3) is 0.278. The van der Waals surface area contributed by atoms with E-state index in [0.717, 1.165) is 11.4 Å². The number of rotatable bonds is 5. The first-order valence-electron chi connectivity index (χ1n) is 7.28. The smallest absolute Gasteiger partial charge is 0.246 e. The lowest BCUT2D eigenvalue weighted by atomic mass is 10.0. The van der Waals surface area contributed by atoms with Crippen LogP contribution < -0.4 is 10.6 Å². The van der Waals surface area contributed by atoms with Crippen molar-refractivity contribution in [2.75, 3.05) is 10.6 Å². The van der Waals surface area contributed by atoms with Crippen molar-refractivity contribution in [1.82, 2.24) is 0 Å². The molecule has 1 unspecified atom stereocenters. The number of hydrogen-bond acceptors (Lipinski definition) is 2. The maximum Gasteiger partial charge on any atom is 0.246 e. The van der Waals surface area contributed by atoms with E-state index in [4.69, 9.17) is 0 Å². The molecule has 0 fully saturated rings. The molecule has 0 radical (unpaired) electrons. The summed E-state index contributed by atoms with van der Waals surface area (Å²) in [6, 6.07) is 17.4. The molecule has 0 aliphatic heterocycles. The van der Waals surface area contributed by atoms with Crippen LogP contribution in [0.3, 0.4) is 0 Å². The van der Waals surface area contributed by atoms with E-state index in [-0.39, 0.29) is 11.9 Å². The third kappa shape index (κ3) is 4.35. The van der Waals surface area contributed by atoms with Gasteiger partial charge in [0.2, 0.25) is 5.91 Å². The zero-order valence-electron chi connectivity index (χ0n) is 12.8. The molecule has 0 aromatic heterocycles. The summed E-state index contributed by atoms with van der Waals surface area (Å²) in [5.41, 5.74) is 3.04. The molecule has 0 heterocycles. The fourth-order valence-electron chi connectivity index (χ4n) is 2.08. The van der Waals surface area contributed by atoms with Gasteiger partial charge in [-0.15, -0.1) is 0 Å². The molecule has 110 valence electrons. The molecule has 0 saturated heterocycles. The molecule has 0 spiro atoms. The minimum absolute atomic E-state index is 0.0452. The van der Waals surface area contributed by atoms with Crippen LogP contribution in [0, 0.1) is 0 Å². The number of carbonyl (C=O) groups is 1. The summed E-state index contributed by atoms with van der Waals surface area (Å²) in [5, 5.41) is 6.14. The molecule has 3 heteroatoms. The van der Waals surface area contributed by atoms with Crippen LogP contribution in [-0.2, 0) is 4.79 Å². The SMILES string of the molecule is CC(Nc1cccc(C(C)C)c1)C(=O)Nc1ccccc1. The van der Waals surface area contributed by atoms with Gasteiger partial charge in [0.25, 0.3) is 0 Å². The van der Waals surface area contributed by atoms with Crippen molar-refractivity contribution in [3.8, 4) is 0 Å². The summed E-state index contributed by atoms with van der Waals surface area (Å²) in [6.07, 6.45) is 0. The van der Waals surface area contributed by atoms with E-state index in [1.165, 1.54) is 5.56 Å². The van der Waals surface area contributed by atoms with Gasteiger partial charge in [-0.3, -0.25) is 4.79 Å². The summed E-state index contributed by atoms with van der Waals surface area (Å²) < 4.78 is 0. The fourth-order valence-corrected chi connectivity index (χ4v) is 2.08. The first-order valence-corrected chi connectivity index (χ1v) is 7.28. The Morgan fingerprint density at radius 1 is 0.905 bits per heavy atom. The van der Waals surface area contributed by atoms with Gasteiger partial charge in [-0.2, -0.15) is 0 Å². The lowest BCUT2D eigenvalue weighted by molar-refractivity contribution is -0.116. The van der Waals surface area contributed by atoms with Crippen molar-refractivity contribution in [1.29, 1.82) is 0 Å². The lowest BCUT2D eigenvalue weighted by Crippen LogP contribution is -2.31. The monoisotopic (exact) mass is 282 g/mol. The lowest BCUT2D eigenvalue weighted by Gasteiger charge is -2.16. The van der Waals surface area contributed by atoms with E-state index in [9.17, 15) is 4.79 Å². The van der Waals surface area contributed by atoms with Crippen LogP contribution in [0.15, 0.2) is 54.6 Å². The van der Waals surface area contributed by atoms with E-state index < -0.39 is 0 Å². The highest BCUT2D eigenvalue weighted by Crippen LogP contribution is 2.19. The average Bonchev–Trinajstić information content (AvgIpc) is 2.48. The number of nitrogens with one attached hydrogen (secondary N) is 2. The summed E-state index contributed by atoms with van der Waals surface area (Å²) in [4.78, 5) is 12.2. The summed E-state index contributed by atoms with van der Waals surface area (Å²) >= 11 is 0. The first-order chi connectivity index (χ1) is 10.1. The molecular formula is C18H22N2O. The van der Waals surface area contributed by atoms with E-state index in [0.29, 0.717) is 5.92 Å². The van der Waals surface area contributed by atoms with Gasteiger partial charge < -0.3 is 10.6 Å². The number of anilines is 2. The number of para-hydroxylation sites is 1. The van der Waals surface area contributed by atoms with E-state index in [2.05, 4.69) is 36.6 Å². The molecule has 2 aromatic rings. The Kier molecular flexibility index (Phi) is 4.99. The van der Waals surface area contributed by atoms with Crippen LogP contribution >= 0.6 is 0 Å². The second-order valence-corrected chi connectivity index (χ2v) is 5.50. The van der Waals surface area contributed by atoms with Crippen LogP contribution in [0.1, 0.15) is 32.3 Å². The number of amides is 1. The van der Waals surface area contributed by atoms with E-state index in [1.54, 1.807) is 0 Å². The topological polar surface area (TPSA) is 41.1 Å². The summed E-state index contributed by atoms with van der Waals surface area (Å²) in [5.74, 6) is 0.427. The highest BCUT2D eigenvalue weighted by molar-refractivity contribution is 5.96. The van der Waals surface area contributed by atoms with Crippen molar-refractivity contribution in [2.45, 2.75) is 32.7 Å². The highest BCUT2D eigenvalue weighted by atomic mass is 16.2. The van der Waals surface area contributed by atoms with Gasteiger partial charge in [-0.1, -0.05) is 44.2 Å². The largest absolute Gasteiger partial charge is 0.374 e. The van der Waals surface area contributed by atoms with Crippen molar-refractivity contribution in [3.05, 3.63) is 60.2 Å². The van der Waals surface area contributed by atoms with E-state index >= 15 is 0 Å². The van der Waals surface area contributed by atoms with Gasteiger partial charge in [0.05, 0.1) is 0 Å². The normalized spacial score (nSPS) is 12.0. The molecule has 3 nitrogen and oxygen atoms in total. The number of hydrogen-bond donors (Lipinski definition) is 2. The predicted octanol–water partition coefficient (Wildman–Crippen LogP) is 4.25. The van der Waals surface area contributed by atoms with Gasteiger partial charge in [0.15, 0.2) is 0 Å². The number of benzene rings is 2. The van der Waals surface area contributed by atoms with Gasteiger partial charge in [0.1, 0.15) is 6.04 Å². The van der Waals surface area contributed by atoms with Crippen LogP contribution in [0.4, 0.5) is 11.4 Å². The standard InChI is InChI=1S/C18H22N2O/c1-13(2)15-8-7-11-17(12-15)19-14(3)18(21)20-16-9-5-4-6-10-16/h4-14,19H,1-3H3,(H,20,21). The van der Waals surface area contributed by atoms with Crippen molar-refractivity contribution >= 4 is 17.3 Å². The maximum atomic E-state index is 12.2. The molecule has 2 aromatic carbocycles. The zero-order valence-corrected chi connectivity index (χ0v) is 12.8. The Labute approximate surface area is 126 Å². The van der Waals surface area contributed by atoms with Crippen LogP contribution in [0.25, 0.3) is 0 Å². The molecule has 2 rings (SSSR count). The molecule has 0 aliphatic carbocycles. The van der Waals surface area contributed by atoms with E-state index in [1.807, 2.05) is 49.4 Å². The Morgan fingerprint density at radius 3 is 2.24 bits per heavy atom. The number of carbonyl (C=O) groups excluding carboxylic acids is 1. The molecule has 0 aliphatic rings. The first kappa shape index (κ1) is 15.1. The maximum absolute atomic E-state index is 12.2. The second-order valence-electron chi connectivity index (χ2n) is 5.50. The minimum Gasteiger partial charge on any atom is -0.374 e. The molecular weight excluding hydrogens is 260 g/mol. The Bertz CT molecular complexity index is 593. The molecule has 21 heavy (non-hydrogen) atoms. The average molecular weight is 282 g/mol. The molecule has 2 N–H and O–H groups in total. The van der Waals surface area contributed by atoms with Gasteiger partial charge in [-0.25, -0.2) is 0 Å². The molecule has 0 bridgehead atoms. The predicted molar refractivity (Wildman–Crippen MR) is 88.7 cm³/mol. The quantitative estimate of drug-likeness (QED) is 0.860. The van der Waals surface area contributed by atoms with Crippen molar-refractivity contribution < 1.29 is 4.79 Å².